The van der Waals surface area contributed by atoms with E-state index in [0.717, 1.165) is 17.1 Å². The highest BCUT2D eigenvalue weighted by molar-refractivity contribution is 7.13. The maximum atomic E-state index is 12.8. The first kappa shape index (κ1) is 19.6. The molecule has 0 aliphatic carbocycles. The van der Waals surface area contributed by atoms with Crippen LogP contribution in [0.4, 0.5) is 5.69 Å². The Morgan fingerprint density at radius 2 is 1.87 bits per heavy atom. The molecule has 2 heterocycles. The lowest BCUT2D eigenvalue weighted by Gasteiger charge is -2.11. The molecule has 0 aliphatic heterocycles. The van der Waals surface area contributed by atoms with Gasteiger partial charge < -0.3 is 14.8 Å². The fourth-order valence-electron chi connectivity index (χ4n) is 3.02. The van der Waals surface area contributed by atoms with Gasteiger partial charge in [0.15, 0.2) is 11.5 Å². The molecule has 0 bridgehead atoms. The molecule has 8 nitrogen and oxygen atoms in total. The van der Waals surface area contributed by atoms with Gasteiger partial charge in [0, 0.05) is 17.3 Å². The maximum Gasteiger partial charge on any atom is 0.273 e. The summed E-state index contributed by atoms with van der Waals surface area (Å²) in [5, 5.41) is 2.75. The third-order valence-electron chi connectivity index (χ3n) is 4.48. The fourth-order valence-corrected chi connectivity index (χ4v) is 3.83. The van der Waals surface area contributed by atoms with Gasteiger partial charge in [0.05, 0.1) is 20.5 Å². The first-order valence-electron chi connectivity index (χ1n) is 9.03. The summed E-state index contributed by atoms with van der Waals surface area (Å²) >= 11 is 1.08. The number of nitrogens with one attached hydrogen (secondary N) is 1. The van der Waals surface area contributed by atoms with E-state index in [2.05, 4.69) is 14.7 Å². The van der Waals surface area contributed by atoms with Gasteiger partial charge in [-0.15, -0.1) is 0 Å². The van der Waals surface area contributed by atoms with Gasteiger partial charge in [-0.2, -0.15) is 4.37 Å². The molecule has 2 aromatic carbocycles. The summed E-state index contributed by atoms with van der Waals surface area (Å²) in [5.41, 5.74) is 2.31. The van der Waals surface area contributed by atoms with Crippen LogP contribution in [-0.2, 0) is 11.3 Å². The number of fused-ring (bicyclic) bond motifs is 1. The van der Waals surface area contributed by atoms with Crippen LogP contribution >= 0.6 is 11.5 Å². The van der Waals surface area contributed by atoms with Gasteiger partial charge in [0.2, 0.25) is 5.91 Å². The normalized spacial score (nSPS) is 10.7. The van der Waals surface area contributed by atoms with Crippen LogP contribution in [0.5, 0.6) is 11.5 Å². The average molecular weight is 422 g/mol. The molecule has 9 heteroatoms. The molecule has 0 radical (unpaired) electrons. The van der Waals surface area contributed by atoms with Gasteiger partial charge in [-0.3, -0.25) is 14.2 Å². The first-order chi connectivity index (χ1) is 14.6. The summed E-state index contributed by atoms with van der Waals surface area (Å²) in [4.78, 5) is 29.7. The minimum atomic E-state index is -0.363. The van der Waals surface area contributed by atoms with Gasteiger partial charge in [-0.1, -0.05) is 30.3 Å². The molecule has 0 spiro atoms. The maximum absolute atomic E-state index is 12.8. The Kier molecular flexibility index (Phi) is 5.44. The zero-order valence-electron chi connectivity index (χ0n) is 16.3. The molecular weight excluding hydrogens is 404 g/mol. The van der Waals surface area contributed by atoms with Crippen LogP contribution in [0.1, 0.15) is 0 Å². The molecule has 4 aromatic rings. The van der Waals surface area contributed by atoms with E-state index in [-0.39, 0.29) is 18.0 Å². The van der Waals surface area contributed by atoms with Crippen molar-refractivity contribution in [3.8, 4) is 22.8 Å². The van der Waals surface area contributed by atoms with E-state index in [0.29, 0.717) is 33.1 Å². The molecule has 0 atom stereocenters. The Morgan fingerprint density at radius 1 is 1.10 bits per heavy atom. The Bertz CT molecular complexity index is 1270. The number of amides is 1. The SMILES string of the molecule is COc1ccc(NC(=O)Cn2cnc3c(-c4ccccc4)nsc3c2=O)cc1OC. The topological polar surface area (TPSA) is 95.3 Å². The summed E-state index contributed by atoms with van der Waals surface area (Å²) in [6, 6.07) is 14.6. The smallest absolute Gasteiger partial charge is 0.273 e. The minimum Gasteiger partial charge on any atom is -0.493 e. The number of anilines is 1. The van der Waals surface area contributed by atoms with Gasteiger partial charge in [-0.25, -0.2) is 4.98 Å². The van der Waals surface area contributed by atoms with E-state index in [1.807, 2.05) is 30.3 Å². The van der Waals surface area contributed by atoms with Crippen molar-refractivity contribution in [3.63, 3.8) is 0 Å². The second-order valence-electron chi connectivity index (χ2n) is 6.37. The average Bonchev–Trinajstić information content (AvgIpc) is 3.21. The van der Waals surface area contributed by atoms with E-state index < -0.39 is 0 Å². The predicted molar refractivity (Wildman–Crippen MR) is 115 cm³/mol. The van der Waals surface area contributed by atoms with Crippen molar-refractivity contribution in [2.24, 2.45) is 0 Å². The van der Waals surface area contributed by atoms with E-state index in [9.17, 15) is 9.59 Å². The number of benzene rings is 2. The molecule has 30 heavy (non-hydrogen) atoms. The van der Waals surface area contributed by atoms with Crippen molar-refractivity contribution in [1.82, 2.24) is 13.9 Å². The van der Waals surface area contributed by atoms with Crippen molar-refractivity contribution in [3.05, 3.63) is 65.2 Å². The highest BCUT2D eigenvalue weighted by atomic mass is 32.1. The number of aromatic nitrogens is 3. The highest BCUT2D eigenvalue weighted by Gasteiger charge is 2.16. The monoisotopic (exact) mass is 422 g/mol. The number of hydrogen-bond donors (Lipinski definition) is 1. The van der Waals surface area contributed by atoms with Crippen LogP contribution in [0.2, 0.25) is 0 Å². The predicted octanol–water partition coefficient (Wildman–Crippen LogP) is 3.18. The lowest BCUT2D eigenvalue weighted by atomic mass is 10.1. The summed E-state index contributed by atoms with van der Waals surface area (Å²) in [6.45, 7) is -0.172. The number of ether oxygens (including phenoxy) is 2. The standard InChI is InChI=1S/C21H18N4O4S/c1-28-15-9-8-14(10-16(15)29-2)23-17(26)11-25-12-22-19-18(13-6-4-3-5-7-13)24-30-20(19)21(25)27/h3-10,12H,11H2,1-2H3,(H,23,26). The molecule has 1 amide bonds. The van der Waals surface area contributed by atoms with Crippen LogP contribution in [0.15, 0.2) is 59.7 Å². The lowest BCUT2D eigenvalue weighted by Crippen LogP contribution is -2.27. The van der Waals surface area contributed by atoms with E-state index in [1.54, 1.807) is 18.2 Å². The summed E-state index contributed by atoms with van der Waals surface area (Å²) in [7, 11) is 3.05. The first-order valence-corrected chi connectivity index (χ1v) is 9.80. The second-order valence-corrected chi connectivity index (χ2v) is 7.14. The quantitative estimate of drug-likeness (QED) is 0.513. The second kappa shape index (κ2) is 8.34. The Morgan fingerprint density at radius 3 is 2.60 bits per heavy atom. The van der Waals surface area contributed by atoms with E-state index in [4.69, 9.17) is 9.47 Å². The molecular formula is C21H18N4O4S. The van der Waals surface area contributed by atoms with Crippen molar-refractivity contribution < 1.29 is 14.3 Å². The molecule has 4 rings (SSSR count). The van der Waals surface area contributed by atoms with Crippen molar-refractivity contribution >= 4 is 33.3 Å². The Hall–Kier alpha value is -3.72. The number of rotatable bonds is 6. The number of methoxy groups -OCH3 is 2. The van der Waals surface area contributed by atoms with Crippen molar-refractivity contribution in [2.75, 3.05) is 19.5 Å². The lowest BCUT2D eigenvalue weighted by molar-refractivity contribution is -0.116. The minimum absolute atomic E-state index is 0.172. The largest absolute Gasteiger partial charge is 0.493 e. The van der Waals surface area contributed by atoms with Gasteiger partial charge >= 0.3 is 0 Å². The summed E-state index contributed by atoms with van der Waals surface area (Å²) < 4.78 is 16.5. The van der Waals surface area contributed by atoms with Crippen LogP contribution < -0.4 is 20.3 Å². The van der Waals surface area contributed by atoms with Crippen LogP contribution in [0.3, 0.4) is 0 Å². The third kappa shape index (κ3) is 3.74. The van der Waals surface area contributed by atoms with Crippen molar-refractivity contribution in [1.29, 1.82) is 0 Å². The van der Waals surface area contributed by atoms with E-state index in [1.165, 1.54) is 25.1 Å². The molecule has 152 valence electrons. The Labute approximate surface area is 175 Å². The summed E-state index contributed by atoms with van der Waals surface area (Å²) in [5.74, 6) is 0.688. The van der Waals surface area contributed by atoms with Gasteiger partial charge in [0.1, 0.15) is 22.5 Å². The highest BCUT2D eigenvalue weighted by Crippen LogP contribution is 2.30. The molecule has 0 fully saturated rings. The van der Waals surface area contributed by atoms with Crippen LogP contribution in [0, 0.1) is 0 Å². The van der Waals surface area contributed by atoms with Crippen LogP contribution in [0.25, 0.3) is 21.5 Å². The number of carbonyl (C=O) groups excluding carboxylic acids is 1. The van der Waals surface area contributed by atoms with Crippen molar-refractivity contribution in [2.45, 2.75) is 6.54 Å². The zero-order valence-corrected chi connectivity index (χ0v) is 17.1. The molecule has 0 unspecified atom stereocenters. The van der Waals surface area contributed by atoms with Gasteiger partial charge in [-0.05, 0) is 23.7 Å². The Balaban J connectivity index is 1.56. The molecule has 1 N–H and O–H groups in total. The molecule has 0 saturated carbocycles. The number of hydrogen-bond acceptors (Lipinski definition) is 7. The third-order valence-corrected chi connectivity index (χ3v) is 5.30. The van der Waals surface area contributed by atoms with Crippen LogP contribution in [-0.4, -0.2) is 34.1 Å². The number of nitrogens with zero attached hydrogens (tertiary/aromatic N) is 3. The molecule has 2 aromatic heterocycles. The van der Waals surface area contributed by atoms with Gasteiger partial charge in [0.25, 0.3) is 5.56 Å². The summed E-state index contributed by atoms with van der Waals surface area (Å²) in [6.07, 6.45) is 1.37. The number of carbonyl (C=O) groups is 1. The molecule has 0 aliphatic rings. The van der Waals surface area contributed by atoms with E-state index >= 15 is 0 Å². The molecule has 0 saturated heterocycles. The zero-order chi connectivity index (χ0) is 21.1. The fraction of sp³-hybridized carbons (Fsp3) is 0.143.